The Morgan fingerprint density at radius 3 is 3.00 bits per heavy atom. The maximum Gasteiger partial charge on any atom is 0.277 e. The molecule has 3 aromatic heterocycles. The average molecular weight is 336 g/mol. The number of thiophene rings is 1. The number of aromatic nitrogens is 3. The van der Waals surface area contributed by atoms with Gasteiger partial charge < -0.3 is 14.3 Å². The van der Waals surface area contributed by atoms with Crippen LogP contribution in [0.15, 0.2) is 37.7 Å². The minimum Gasteiger partial charge on any atom is -0.410 e. The summed E-state index contributed by atoms with van der Waals surface area (Å²) in [6.45, 7) is 3.51. The number of carbonyl (C=O) groups is 1. The average Bonchev–Trinajstić information content (AvgIpc) is 3.20. The largest absolute Gasteiger partial charge is 0.410 e. The lowest BCUT2D eigenvalue weighted by atomic mass is 10.4. The molecular formula is C13H12N4O3S2. The van der Waals surface area contributed by atoms with Crippen molar-refractivity contribution in [3.05, 3.63) is 29.3 Å². The second-order valence-electron chi connectivity index (χ2n) is 4.42. The van der Waals surface area contributed by atoms with E-state index in [1.807, 2.05) is 17.5 Å². The maximum absolute atomic E-state index is 12.1. The van der Waals surface area contributed by atoms with Crippen molar-refractivity contribution in [3.63, 3.8) is 0 Å². The molecule has 0 aromatic carbocycles. The van der Waals surface area contributed by atoms with Crippen molar-refractivity contribution in [3.8, 4) is 10.8 Å². The number of nitrogens with one attached hydrogen (secondary N) is 1. The number of amides is 1. The number of thioether (sulfide) groups is 1. The third-order valence-electron chi connectivity index (χ3n) is 2.66. The molecule has 0 saturated heterocycles. The molecule has 0 aliphatic heterocycles. The third-order valence-corrected chi connectivity index (χ3v) is 4.46. The van der Waals surface area contributed by atoms with E-state index in [9.17, 15) is 4.79 Å². The highest BCUT2D eigenvalue weighted by Crippen LogP contribution is 2.28. The third kappa shape index (κ3) is 3.37. The minimum absolute atomic E-state index is 0.214. The van der Waals surface area contributed by atoms with Gasteiger partial charge in [-0.15, -0.1) is 21.5 Å². The molecule has 0 aliphatic carbocycles. The first-order valence-electron chi connectivity index (χ1n) is 6.40. The number of aryl methyl sites for hydroxylation is 1. The summed E-state index contributed by atoms with van der Waals surface area (Å²) < 4.78 is 10.4. The highest BCUT2D eigenvalue weighted by atomic mass is 32.2. The van der Waals surface area contributed by atoms with Gasteiger partial charge in [0.05, 0.1) is 10.1 Å². The van der Waals surface area contributed by atoms with Gasteiger partial charge in [-0.2, -0.15) is 0 Å². The van der Waals surface area contributed by atoms with Gasteiger partial charge >= 0.3 is 0 Å². The summed E-state index contributed by atoms with van der Waals surface area (Å²) in [7, 11) is 0. The van der Waals surface area contributed by atoms with E-state index < -0.39 is 5.25 Å². The lowest BCUT2D eigenvalue weighted by Gasteiger charge is -2.06. The molecule has 0 aliphatic rings. The fraction of sp³-hybridized carbons (Fsp3) is 0.231. The second-order valence-corrected chi connectivity index (χ2v) is 6.66. The van der Waals surface area contributed by atoms with Crippen LogP contribution in [0.2, 0.25) is 0 Å². The van der Waals surface area contributed by atoms with E-state index in [2.05, 4.69) is 20.7 Å². The first-order valence-corrected chi connectivity index (χ1v) is 8.16. The van der Waals surface area contributed by atoms with Crippen molar-refractivity contribution in [1.82, 2.24) is 15.4 Å². The highest BCUT2D eigenvalue weighted by molar-refractivity contribution is 8.00. The Kier molecular flexibility index (Phi) is 4.25. The second kappa shape index (κ2) is 6.32. The molecule has 1 atom stereocenters. The minimum atomic E-state index is -0.409. The standard InChI is InChI=1S/C13H12N4O3S2/c1-7-6-10(17-20-7)14-11(18)8(2)22-13-16-15-12(19-13)9-4-3-5-21-9/h3-6,8H,1-2H3,(H,14,17,18)/t8-/m0/s1. The first kappa shape index (κ1) is 14.8. The van der Waals surface area contributed by atoms with E-state index in [1.165, 1.54) is 23.1 Å². The first-order chi connectivity index (χ1) is 10.6. The zero-order chi connectivity index (χ0) is 15.5. The number of carbonyl (C=O) groups excluding carboxylic acids is 1. The van der Waals surface area contributed by atoms with Gasteiger partial charge in [0.25, 0.3) is 11.1 Å². The molecule has 1 N–H and O–H groups in total. The molecule has 3 aromatic rings. The molecular weight excluding hydrogens is 324 g/mol. The topological polar surface area (TPSA) is 94.1 Å². The Balaban J connectivity index is 1.61. The number of hydrogen-bond donors (Lipinski definition) is 1. The Hall–Kier alpha value is -2.13. The van der Waals surface area contributed by atoms with Crippen LogP contribution in [0.3, 0.4) is 0 Å². The predicted octanol–water partition coefficient (Wildman–Crippen LogP) is 3.21. The van der Waals surface area contributed by atoms with E-state index in [1.54, 1.807) is 19.9 Å². The van der Waals surface area contributed by atoms with Gasteiger partial charge in [0.2, 0.25) is 5.91 Å². The lowest BCUT2D eigenvalue weighted by molar-refractivity contribution is -0.115. The van der Waals surface area contributed by atoms with Crippen molar-refractivity contribution in [2.24, 2.45) is 0 Å². The monoisotopic (exact) mass is 336 g/mol. The van der Waals surface area contributed by atoms with E-state index in [4.69, 9.17) is 8.94 Å². The molecule has 7 nitrogen and oxygen atoms in total. The molecule has 9 heteroatoms. The zero-order valence-electron chi connectivity index (χ0n) is 11.8. The van der Waals surface area contributed by atoms with Crippen LogP contribution >= 0.6 is 23.1 Å². The molecule has 1 amide bonds. The fourth-order valence-electron chi connectivity index (χ4n) is 1.62. The van der Waals surface area contributed by atoms with Gasteiger partial charge in [0, 0.05) is 6.07 Å². The molecule has 0 unspecified atom stereocenters. The zero-order valence-corrected chi connectivity index (χ0v) is 13.4. The lowest BCUT2D eigenvalue weighted by Crippen LogP contribution is -2.22. The van der Waals surface area contributed by atoms with Crippen LogP contribution in [0, 0.1) is 6.92 Å². The molecule has 3 heterocycles. The molecule has 0 spiro atoms. The number of hydrogen-bond acceptors (Lipinski definition) is 8. The Morgan fingerprint density at radius 1 is 1.45 bits per heavy atom. The maximum atomic E-state index is 12.1. The quantitative estimate of drug-likeness (QED) is 0.715. The number of rotatable bonds is 5. The van der Waals surface area contributed by atoms with Crippen molar-refractivity contribution >= 4 is 34.8 Å². The van der Waals surface area contributed by atoms with Crippen molar-refractivity contribution < 1.29 is 13.7 Å². The Morgan fingerprint density at radius 2 is 2.32 bits per heavy atom. The molecule has 0 radical (unpaired) electrons. The van der Waals surface area contributed by atoms with Crippen LogP contribution in [0.25, 0.3) is 10.8 Å². The molecule has 0 bridgehead atoms. The molecule has 3 rings (SSSR count). The van der Waals surface area contributed by atoms with Crippen molar-refractivity contribution in [2.75, 3.05) is 5.32 Å². The normalized spacial score (nSPS) is 12.3. The summed E-state index contributed by atoms with van der Waals surface area (Å²) in [6, 6.07) is 5.46. The van der Waals surface area contributed by atoms with E-state index in [0.717, 1.165) is 4.88 Å². The van der Waals surface area contributed by atoms with Crippen LogP contribution in [-0.4, -0.2) is 26.5 Å². The number of nitrogens with zero attached hydrogens (tertiary/aromatic N) is 3. The summed E-state index contributed by atoms with van der Waals surface area (Å²) in [5.74, 6) is 1.26. The summed E-state index contributed by atoms with van der Waals surface area (Å²) >= 11 is 2.70. The van der Waals surface area contributed by atoms with Crippen LogP contribution < -0.4 is 5.32 Å². The molecule has 22 heavy (non-hydrogen) atoms. The van der Waals surface area contributed by atoms with E-state index >= 15 is 0 Å². The van der Waals surface area contributed by atoms with Gasteiger partial charge in [-0.25, -0.2) is 0 Å². The van der Waals surface area contributed by atoms with Gasteiger partial charge in [0.1, 0.15) is 5.76 Å². The highest BCUT2D eigenvalue weighted by Gasteiger charge is 2.20. The van der Waals surface area contributed by atoms with Crippen LogP contribution in [0.1, 0.15) is 12.7 Å². The smallest absolute Gasteiger partial charge is 0.277 e. The van der Waals surface area contributed by atoms with Gasteiger partial charge in [-0.3, -0.25) is 4.79 Å². The van der Waals surface area contributed by atoms with Gasteiger partial charge in [-0.05, 0) is 25.3 Å². The summed E-state index contributed by atoms with van der Waals surface area (Å²) in [5, 5.41) is 16.2. The van der Waals surface area contributed by atoms with E-state index in [-0.39, 0.29) is 5.91 Å². The number of anilines is 1. The van der Waals surface area contributed by atoms with Crippen LogP contribution in [0.5, 0.6) is 0 Å². The van der Waals surface area contributed by atoms with Gasteiger partial charge in [0.15, 0.2) is 5.82 Å². The van der Waals surface area contributed by atoms with E-state index in [0.29, 0.717) is 22.7 Å². The predicted molar refractivity (Wildman–Crippen MR) is 82.8 cm³/mol. The summed E-state index contributed by atoms with van der Waals surface area (Å²) in [4.78, 5) is 13.0. The molecule has 0 fully saturated rings. The van der Waals surface area contributed by atoms with Crippen molar-refractivity contribution in [2.45, 2.75) is 24.3 Å². The van der Waals surface area contributed by atoms with Crippen molar-refractivity contribution in [1.29, 1.82) is 0 Å². The summed E-state index contributed by atoms with van der Waals surface area (Å²) in [5.41, 5.74) is 0. The van der Waals surface area contributed by atoms with Crippen LogP contribution in [-0.2, 0) is 4.79 Å². The molecule has 0 saturated carbocycles. The Labute approximate surface area is 134 Å². The van der Waals surface area contributed by atoms with Crippen LogP contribution in [0.4, 0.5) is 5.82 Å². The van der Waals surface area contributed by atoms with Gasteiger partial charge in [-0.1, -0.05) is 23.0 Å². The fourth-order valence-corrected chi connectivity index (χ4v) is 2.94. The Bertz CT molecular complexity index is 766. The summed E-state index contributed by atoms with van der Waals surface area (Å²) in [6.07, 6.45) is 0. The molecule has 114 valence electrons. The SMILES string of the molecule is Cc1cc(NC(=O)[C@H](C)Sc2nnc(-c3cccs3)o2)no1.